The van der Waals surface area contributed by atoms with Gasteiger partial charge in [0, 0.05) is 6.92 Å². The molecule has 0 aromatic heterocycles. The number of nitrogens with one attached hydrogen (secondary N) is 1. The van der Waals surface area contributed by atoms with Crippen LogP contribution in [0.25, 0.3) is 0 Å². The topological polar surface area (TPSA) is 281 Å². The Labute approximate surface area is 524 Å². The van der Waals surface area contributed by atoms with Crippen LogP contribution in [-0.2, 0) is 121 Å². The largest absolute Gasteiger partial charge is 0.397 e. The molecule has 3 heterocycles. The Balaban J connectivity index is 1.14. The van der Waals surface area contributed by atoms with Crippen molar-refractivity contribution in [2.24, 2.45) is 5.41 Å². The first-order valence-electron chi connectivity index (χ1n) is 29.7. The quantitative estimate of drug-likeness (QED) is 0.0234. The number of rotatable bonds is 33. The summed E-state index contributed by atoms with van der Waals surface area (Å²) in [6, 6.07) is 54.8. The molecule has 0 saturated carbocycles. The minimum absolute atomic E-state index is 0.00116. The summed E-state index contributed by atoms with van der Waals surface area (Å²) in [6.07, 6.45) is -20.9. The zero-order chi connectivity index (χ0) is 63.3. The molecule has 3 aliphatic rings. The van der Waals surface area contributed by atoms with Crippen LogP contribution in [0.3, 0.4) is 0 Å². The van der Waals surface area contributed by atoms with Crippen molar-refractivity contribution in [1.82, 2.24) is 5.32 Å². The molecule has 90 heavy (non-hydrogen) atoms. The van der Waals surface area contributed by atoms with E-state index in [0.717, 1.165) is 33.4 Å². The molecule has 9 rings (SSSR count). The molecule has 0 bridgehead atoms. The van der Waals surface area contributed by atoms with Gasteiger partial charge in [0.25, 0.3) is 0 Å². The number of aliphatic hydroxyl groups excluding tert-OH is 3. The van der Waals surface area contributed by atoms with Crippen molar-refractivity contribution >= 4 is 22.6 Å². The second-order valence-corrected chi connectivity index (χ2v) is 23.5. The summed E-state index contributed by atoms with van der Waals surface area (Å²) in [7, 11) is -5.38. The highest BCUT2D eigenvalue weighted by Crippen LogP contribution is 2.38. The lowest BCUT2D eigenvalue weighted by atomic mass is 9.92. The van der Waals surface area contributed by atoms with Gasteiger partial charge in [-0.25, -0.2) is 4.18 Å². The zero-order valence-corrected chi connectivity index (χ0v) is 50.8. The van der Waals surface area contributed by atoms with Gasteiger partial charge in [-0.2, -0.15) is 8.42 Å². The molecule has 484 valence electrons. The molecule has 1 amide bonds. The van der Waals surface area contributed by atoms with E-state index < -0.39 is 127 Å². The Hall–Kier alpha value is -6.27. The average molecular weight is 1270 g/mol. The van der Waals surface area contributed by atoms with Crippen LogP contribution < -0.4 is 5.32 Å². The van der Waals surface area contributed by atoms with Crippen molar-refractivity contribution in [3.05, 3.63) is 215 Å². The number of aldehydes is 1. The first-order chi connectivity index (χ1) is 43.7. The first kappa shape index (κ1) is 68.1. The number of aliphatic hydroxyl groups is 3. The highest BCUT2D eigenvalue weighted by Gasteiger charge is 2.57. The molecule has 3 fully saturated rings. The summed E-state index contributed by atoms with van der Waals surface area (Å²) < 4.78 is 119. The monoisotopic (exact) mass is 1270 g/mol. The number of ether oxygens (including phenoxy) is 12. The van der Waals surface area contributed by atoms with E-state index in [4.69, 9.17) is 61.0 Å². The normalized spacial score (nSPS) is 27.2. The van der Waals surface area contributed by atoms with Gasteiger partial charge in [-0.05, 0) is 40.3 Å². The number of carbonyl (C=O) groups excluding carboxylic acids is 2. The number of hydrogen-bond acceptors (Lipinski definition) is 20. The molecular weight excluding hydrogens is 1190 g/mol. The Morgan fingerprint density at radius 2 is 0.922 bits per heavy atom. The van der Waals surface area contributed by atoms with Crippen LogP contribution in [0.2, 0.25) is 0 Å². The van der Waals surface area contributed by atoms with Gasteiger partial charge in [-0.1, -0.05) is 182 Å². The number of hydrogen-bond donors (Lipinski definition) is 5. The summed E-state index contributed by atoms with van der Waals surface area (Å²) in [5.74, 6) is -0.630. The number of benzene rings is 6. The van der Waals surface area contributed by atoms with E-state index in [2.05, 4.69) is 5.32 Å². The molecule has 3 saturated heterocycles. The lowest BCUT2D eigenvalue weighted by molar-refractivity contribution is -0.379. The standard InChI is InChI=1S/C67H79NO21S/c1-45-58(80-37-50-27-15-6-16-28-50)62(81-38-51-29-17-7-18-30-51)63(82-39-52-31-19-8-20-32-52)66(84-45)88-60-55(68-46(2)71)64(83-44-67(41-70,42-78-35-48-23-11-4-12-24-48)43-79-36-49-25-13-5-14-26-49)86-54(40-77-34-47-21-9-3-10-22-47)59(60)87-65-57(73)61(89-90(74,75)76)56(72)53(33-69)85-65/h3-32,41,45,53-66,69,72-73H,33-40,42-44H2,1-2H3,(H,68,71)(H,74,75,76)/t45-,53+,54+,55+,56-,57+,58+,59+,60+,61-,62+,63-,64+,65-,66-/m0/s1. The maximum absolute atomic E-state index is 13.9. The van der Waals surface area contributed by atoms with Crippen LogP contribution in [0.5, 0.6) is 0 Å². The maximum atomic E-state index is 13.9. The van der Waals surface area contributed by atoms with Crippen molar-refractivity contribution in [2.45, 2.75) is 146 Å². The summed E-state index contributed by atoms with van der Waals surface area (Å²) in [5, 5.41) is 36.6. The van der Waals surface area contributed by atoms with Gasteiger partial charge in [-0.3, -0.25) is 9.35 Å². The Kier molecular flexibility index (Phi) is 25.6. The van der Waals surface area contributed by atoms with E-state index in [0.29, 0.717) is 6.29 Å². The van der Waals surface area contributed by atoms with Gasteiger partial charge < -0.3 is 82.3 Å². The van der Waals surface area contributed by atoms with E-state index in [1.54, 1.807) is 6.92 Å². The van der Waals surface area contributed by atoms with Gasteiger partial charge >= 0.3 is 10.4 Å². The molecule has 5 N–H and O–H groups in total. The molecule has 3 aliphatic heterocycles. The SMILES string of the molecule is CC(=O)N[C@H]1[C@H](OCC(C=O)(COCc2ccccc2)COCc2ccccc2)O[C@H](COCc2ccccc2)[C@@H](O[C@@H]2O[C@H](CO)[C@H](O)[C@H](OS(=O)(=O)O)[C@H]2O)[C@@H]1O[C@@H]1O[C@@H](C)[C@@H](OCc2ccccc2)[C@@H](OCc2ccccc2)[C@@H]1OCc1ccccc1. The van der Waals surface area contributed by atoms with Crippen LogP contribution in [0, 0.1) is 5.41 Å². The van der Waals surface area contributed by atoms with E-state index in [1.165, 1.54) is 6.92 Å². The zero-order valence-electron chi connectivity index (χ0n) is 50.0. The molecule has 0 aliphatic carbocycles. The third-order valence-electron chi connectivity index (χ3n) is 15.4. The molecule has 0 unspecified atom stereocenters. The molecule has 0 radical (unpaired) electrons. The Bertz CT molecular complexity index is 3120. The number of amides is 1. The van der Waals surface area contributed by atoms with Crippen molar-refractivity contribution < 1.29 is 98.9 Å². The predicted octanol–water partition coefficient (Wildman–Crippen LogP) is 5.97. The van der Waals surface area contributed by atoms with Crippen LogP contribution in [0.4, 0.5) is 0 Å². The van der Waals surface area contributed by atoms with Crippen molar-refractivity contribution in [3.8, 4) is 0 Å². The Morgan fingerprint density at radius 3 is 1.37 bits per heavy atom. The van der Waals surface area contributed by atoms with Gasteiger partial charge in [-0.15, -0.1) is 0 Å². The van der Waals surface area contributed by atoms with Crippen molar-refractivity contribution in [3.63, 3.8) is 0 Å². The predicted molar refractivity (Wildman–Crippen MR) is 322 cm³/mol. The van der Waals surface area contributed by atoms with E-state index in [1.807, 2.05) is 182 Å². The fraction of sp³-hybridized carbons (Fsp3) is 0.433. The fourth-order valence-electron chi connectivity index (χ4n) is 10.8. The van der Waals surface area contributed by atoms with Crippen LogP contribution in [-0.4, -0.2) is 166 Å². The van der Waals surface area contributed by atoms with Gasteiger partial charge in [0.2, 0.25) is 5.91 Å². The lowest BCUT2D eigenvalue weighted by Crippen LogP contribution is -2.70. The highest BCUT2D eigenvalue weighted by atomic mass is 32.3. The molecule has 23 heteroatoms. The molecular formula is C67H79NO21S. The van der Waals surface area contributed by atoms with E-state index in [-0.39, 0.29) is 59.5 Å². The average Bonchev–Trinajstić information content (AvgIpc) is 0.796. The summed E-state index contributed by atoms with van der Waals surface area (Å²) >= 11 is 0. The van der Waals surface area contributed by atoms with Crippen LogP contribution in [0.1, 0.15) is 47.2 Å². The van der Waals surface area contributed by atoms with Gasteiger partial charge in [0.05, 0.1) is 84.2 Å². The fourth-order valence-corrected chi connectivity index (χ4v) is 11.3. The lowest BCUT2D eigenvalue weighted by Gasteiger charge is -2.51. The second-order valence-electron chi connectivity index (χ2n) is 22.4. The molecule has 6 aromatic rings. The van der Waals surface area contributed by atoms with Crippen molar-refractivity contribution in [2.75, 3.05) is 33.0 Å². The molecule has 15 atom stereocenters. The van der Waals surface area contributed by atoms with Gasteiger partial charge in [0.1, 0.15) is 73.4 Å². The smallest absolute Gasteiger partial charge is 0.394 e. The van der Waals surface area contributed by atoms with E-state index >= 15 is 0 Å². The summed E-state index contributed by atoms with van der Waals surface area (Å²) in [4.78, 5) is 27.6. The third kappa shape index (κ3) is 19.6. The summed E-state index contributed by atoms with van der Waals surface area (Å²) in [6.45, 7) is 1.35. The minimum Gasteiger partial charge on any atom is -0.394 e. The van der Waals surface area contributed by atoms with Crippen molar-refractivity contribution in [1.29, 1.82) is 0 Å². The first-order valence-corrected chi connectivity index (χ1v) is 31.1. The van der Waals surface area contributed by atoms with Crippen LogP contribution >= 0.6 is 0 Å². The number of carbonyl (C=O) groups is 2. The minimum atomic E-state index is -5.38. The van der Waals surface area contributed by atoms with Crippen LogP contribution in [0.15, 0.2) is 182 Å². The van der Waals surface area contributed by atoms with E-state index in [9.17, 15) is 37.9 Å². The summed E-state index contributed by atoms with van der Waals surface area (Å²) in [5.41, 5.74) is 3.37. The Morgan fingerprint density at radius 1 is 0.500 bits per heavy atom. The second kappa shape index (κ2) is 33.9. The molecule has 0 spiro atoms. The maximum Gasteiger partial charge on any atom is 0.397 e. The third-order valence-corrected chi connectivity index (χ3v) is 15.9. The molecule has 6 aromatic carbocycles. The highest BCUT2D eigenvalue weighted by molar-refractivity contribution is 7.80. The molecule has 22 nitrogen and oxygen atoms in total. The van der Waals surface area contributed by atoms with Gasteiger partial charge in [0.15, 0.2) is 18.9 Å².